The highest BCUT2D eigenvalue weighted by Gasteiger charge is 2.09. The lowest BCUT2D eigenvalue weighted by Crippen LogP contribution is -2.01. The average Bonchev–Trinajstić information content (AvgIpc) is 2.39. The third kappa shape index (κ3) is 3.10. The van der Waals surface area contributed by atoms with Crippen molar-refractivity contribution < 1.29 is 0 Å². The molecule has 0 bridgehead atoms. The second-order valence-corrected chi connectivity index (χ2v) is 4.46. The molecule has 2 rings (SSSR count). The average molecular weight is 225 g/mol. The van der Waals surface area contributed by atoms with Gasteiger partial charge in [0.1, 0.15) is 0 Å². The van der Waals surface area contributed by atoms with E-state index in [1.165, 1.54) is 11.1 Å². The molecule has 2 aromatic carbocycles. The van der Waals surface area contributed by atoms with Gasteiger partial charge in [-0.05, 0) is 42.0 Å². The number of benzene rings is 2. The van der Waals surface area contributed by atoms with Crippen LogP contribution in [0.2, 0.25) is 0 Å². The minimum atomic E-state index is 0.597. The van der Waals surface area contributed by atoms with E-state index >= 15 is 0 Å². The van der Waals surface area contributed by atoms with Crippen LogP contribution >= 0.6 is 0 Å². The van der Waals surface area contributed by atoms with E-state index in [1.807, 2.05) is 12.1 Å². The van der Waals surface area contributed by atoms with E-state index in [0.29, 0.717) is 5.92 Å². The molecule has 0 aromatic heterocycles. The molecule has 1 unspecified atom stereocenters. The highest BCUT2D eigenvalue weighted by atomic mass is 14.5. The normalized spacial score (nSPS) is 12.3. The zero-order chi connectivity index (χ0) is 12.1. The second-order valence-electron chi connectivity index (χ2n) is 4.46. The SMILES string of the molecule is CCC(Cc1ccc(N)cc1)c1ccccc1. The van der Waals surface area contributed by atoms with Crippen LogP contribution < -0.4 is 5.73 Å². The molecule has 1 nitrogen and oxygen atoms in total. The first-order chi connectivity index (χ1) is 8.29. The molecule has 2 N–H and O–H groups in total. The maximum Gasteiger partial charge on any atom is 0.0314 e. The molecule has 0 fully saturated rings. The molecular formula is C16H19N. The molecule has 0 saturated carbocycles. The number of rotatable bonds is 4. The summed E-state index contributed by atoms with van der Waals surface area (Å²) in [5.41, 5.74) is 9.32. The molecule has 0 aliphatic rings. The van der Waals surface area contributed by atoms with Crippen molar-refractivity contribution in [1.82, 2.24) is 0 Å². The van der Waals surface area contributed by atoms with Crippen molar-refractivity contribution in [3.8, 4) is 0 Å². The van der Waals surface area contributed by atoms with E-state index in [1.54, 1.807) is 0 Å². The summed E-state index contributed by atoms with van der Waals surface area (Å²) >= 11 is 0. The van der Waals surface area contributed by atoms with Crippen LogP contribution in [0, 0.1) is 0 Å². The van der Waals surface area contributed by atoms with Crippen molar-refractivity contribution in [3.05, 3.63) is 65.7 Å². The van der Waals surface area contributed by atoms with Crippen molar-refractivity contribution in [1.29, 1.82) is 0 Å². The van der Waals surface area contributed by atoms with Crippen LogP contribution in [0.1, 0.15) is 30.4 Å². The molecule has 1 heteroatoms. The third-order valence-electron chi connectivity index (χ3n) is 3.23. The van der Waals surface area contributed by atoms with Gasteiger partial charge < -0.3 is 5.73 Å². The van der Waals surface area contributed by atoms with E-state index in [2.05, 4.69) is 49.4 Å². The van der Waals surface area contributed by atoms with Crippen LogP contribution in [0.4, 0.5) is 5.69 Å². The fourth-order valence-corrected chi connectivity index (χ4v) is 2.16. The summed E-state index contributed by atoms with van der Waals surface area (Å²) in [6.45, 7) is 2.25. The number of nitrogens with two attached hydrogens (primary N) is 1. The summed E-state index contributed by atoms with van der Waals surface area (Å²) in [4.78, 5) is 0. The van der Waals surface area contributed by atoms with Gasteiger partial charge in [0.25, 0.3) is 0 Å². The van der Waals surface area contributed by atoms with Gasteiger partial charge in [-0.3, -0.25) is 0 Å². The lowest BCUT2D eigenvalue weighted by molar-refractivity contribution is 0.660. The minimum absolute atomic E-state index is 0.597. The molecule has 0 heterocycles. The monoisotopic (exact) mass is 225 g/mol. The van der Waals surface area contributed by atoms with E-state index in [4.69, 9.17) is 5.73 Å². The van der Waals surface area contributed by atoms with Gasteiger partial charge in [0, 0.05) is 5.69 Å². The zero-order valence-electron chi connectivity index (χ0n) is 10.3. The van der Waals surface area contributed by atoms with Crippen LogP contribution in [-0.4, -0.2) is 0 Å². The maximum absolute atomic E-state index is 5.70. The van der Waals surface area contributed by atoms with Crippen LogP contribution in [0.15, 0.2) is 54.6 Å². The Morgan fingerprint density at radius 1 is 0.941 bits per heavy atom. The zero-order valence-corrected chi connectivity index (χ0v) is 10.3. The molecule has 0 aliphatic carbocycles. The highest BCUT2D eigenvalue weighted by molar-refractivity contribution is 5.39. The predicted molar refractivity (Wildman–Crippen MR) is 74.0 cm³/mol. The molecular weight excluding hydrogens is 206 g/mol. The van der Waals surface area contributed by atoms with Crippen LogP contribution in [-0.2, 0) is 6.42 Å². The summed E-state index contributed by atoms with van der Waals surface area (Å²) in [5.74, 6) is 0.597. The first-order valence-electron chi connectivity index (χ1n) is 6.19. The molecule has 0 radical (unpaired) electrons. The van der Waals surface area contributed by atoms with Gasteiger partial charge >= 0.3 is 0 Å². The Morgan fingerprint density at radius 2 is 1.59 bits per heavy atom. The van der Waals surface area contributed by atoms with Gasteiger partial charge in [-0.25, -0.2) is 0 Å². The lowest BCUT2D eigenvalue weighted by atomic mass is 9.90. The standard InChI is InChI=1S/C16H19N/c1-2-14(15-6-4-3-5-7-15)12-13-8-10-16(17)11-9-13/h3-11,14H,2,12,17H2,1H3. The van der Waals surface area contributed by atoms with Crippen LogP contribution in [0.5, 0.6) is 0 Å². The van der Waals surface area contributed by atoms with Gasteiger partial charge in [0.05, 0.1) is 0 Å². The fraction of sp³-hybridized carbons (Fsp3) is 0.250. The van der Waals surface area contributed by atoms with E-state index < -0.39 is 0 Å². The van der Waals surface area contributed by atoms with Crippen molar-refractivity contribution in [2.24, 2.45) is 0 Å². The van der Waals surface area contributed by atoms with Gasteiger partial charge in [0.15, 0.2) is 0 Å². The van der Waals surface area contributed by atoms with Crippen LogP contribution in [0.25, 0.3) is 0 Å². The van der Waals surface area contributed by atoms with Gasteiger partial charge in [0.2, 0.25) is 0 Å². The summed E-state index contributed by atoms with van der Waals surface area (Å²) in [5, 5.41) is 0. The predicted octanol–water partition coefficient (Wildman–Crippen LogP) is 4.01. The summed E-state index contributed by atoms with van der Waals surface area (Å²) in [6, 6.07) is 18.9. The molecule has 2 aromatic rings. The largest absolute Gasteiger partial charge is 0.399 e. The number of hydrogen-bond donors (Lipinski definition) is 1. The molecule has 17 heavy (non-hydrogen) atoms. The molecule has 0 aliphatic heterocycles. The second kappa shape index (κ2) is 5.53. The number of nitrogen functional groups attached to an aromatic ring is 1. The Balaban J connectivity index is 2.13. The Labute approximate surface area is 103 Å². The summed E-state index contributed by atoms with van der Waals surface area (Å²) in [7, 11) is 0. The Hall–Kier alpha value is -1.76. The maximum atomic E-state index is 5.70. The first-order valence-corrected chi connectivity index (χ1v) is 6.19. The van der Waals surface area contributed by atoms with Crippen LogP contribution in [0.3, 0.4) is 0 Å². The first kappa shape index (κ1) is 11.7. The van der Waals surface area contributed by atoms with E-state index in [9.17, 15) is 0 Å². The Bertz CT molecular complexity index is 445. The van der Waals surface area contributed by atoms with Gasteiger partial charge in [-0.2, -0.15) is 0 Å². The Kier molecular flexibility index (Phi) is 3.81. The van der Waals surface area contributed by atoms with E-state index in [-0.39, 0.29) is 0 Å². The number of hydrogen-bond acceptors (Lipinski definition) is 1. The lowest BCUT2D eigenvalue weighted by Gasteiger charge is -2.15. The third-order valence-corrected chi connectivity index (χ3v) is 3.23. The molecule has 1 atom stereocenters. The van der Waals surface area contributed by atoms with Gasteiger partial charge in [-0.15, -0.1) is 0 Å². The van der Waals surface area contributed by atoms with Crippen molar-refractivity contribution in [2.45, 2.75) is 25.7 Å². The topological polar surface area (TPSA) is 26.0 Å². The summed E-state index contributed by atoms with van der Waals surface area (Å²) < 4.78 is 0. The summed E-state index contributed by atoms with van der Waals surface area (Å²) in [6.07, 6.45) is 2.25. The molecule has 0 spiro atoms. The molecule has 0 amide bonds. The van der Waals surface area contributed by atoms with Crippen molar-refractivity contribution >= 4 is 5.69 Å². The Morgan fingerprint density at radius 3 is 2.18 bits per heavy atom. The molecule has 88 valence electrons. The molecule has 0 saturated heterocycles. The fourth-order valence-electron chi connectivity index (χ4n) is 2.16. The van der Waals surface area contributed by atoms with Crippen molar-refractivity contribution in [2.75, 3.05) is 5.73 Å². The van der Waals surface area contributed by atoms with E-state index in [0.717, 1.165) is 18.5 Å². The highest BCUT2D eigenvalue weighted by Crippen LogP contribution is 2.24. The number of anilines is 1. The quantitative estimate of drug-likeness (QED) is 0.782. The van der Waals surface area contributed by atoms with Gasteiger partial charge in [-0.1, -0.05) is 49.4 Å². The smallest absolute Gasteiger partial charge is 0.0314 e. The van der Waals surface area contributed by atoms with Crippen molar-refractivity contribution in [3.63, 3.8) is 0 Å². The minimum Gasteiger partial charge on any atom is -0.399 e.